The maximum absolute atomic E-state index is 12.5. The van der Waals surface area contributed by atoms with Crippen LogP contribution >= 0.6 is 0 Å². The summed E-state index contributed by atoms with van der Waals surface area (Å²) in [5.74, 6) is -0.102. The lowest BCUT2D eigenvalue weighted by atomic mass is 10.2. The minimum Gasteiger partial charge on any atom is -0.444 e. The molecule has 0 spiro atoms. The summed E-state index contributed by atoms with van der Waals surface area (Å²) in [5.41, 5.74) is 0.0551. The number of benzene rings is 1. The number of nitrogens with zero attached hydrogens (tertiary/aromatic N) is 2. The SMILES string of the molecule is CN(C(=O)c1cc[c]cc1)C1CCCN1C(=O)OC(C)(C)C. The zero-order valence-corrected chi connectivity index (χ0v) is 13.6. The molecule has 1 aliphatic rings. The molecule has 1 fully saturated rings. The van der Waals surface area contributed by atoms with E-state index in [-0.39, 0.29) is 18.2 Å². The van der Waals surface area contributed by atoms with E-state index in [1.807, 2.05) is 20.8 Å². The van der Waals surface area contributed by atoms with Gasteiger partial charge in [-0.05, 0) is 51.8 Å². The lowest BCUT2D eigenvalue weighted by Crippen LogP contribution is -2.49. The van der Waals surface area contributed by atoms with Gasteiger partial charge in [-0.2, -0.15) is 0 Å². The highest BCUT2D eigenvalue weighted by molar-refractivity contribution is 5.94. The van der Waals surface area contributed by atoms with Gasteiger partial charge in [0, 0.05) is 19.2 Å². The van der Waals surface area contributed by atoms with Gasteiger partial charge in [0.1, 0.15) is 11.8 Å². The van der Waals surface area contributed by atoms with E-state index >= 15 is 0 Å². The maximum atomic E-state index is 12.5. The molecule has 1 heterocycles. The molecule has 1 aromatic carbocycles. The van der Waals surface area contributed by atoms with Crippen LogP contribution in [0.25, 0.3) is 0 Å². The van der Waals surface area contributed by atoms with Gasteiger partial charge < -0.3 is 9.64 Å². The molecule has 1 unspecified atom stereocenters. The number of carbonyl (C=O) groups is 2. The number of hydrogen-bond acceptors (Lipinski definition) is 3. The van der Waals surface area contributed by atoms with E-state index in [4.69, 9.17) is 4.74 Å². The lowest BCUT2D eigenvalue weighted by molar-refractivity contribution is 0.00651. The van der Waals surface area contributed by atoms with Crippen molar-refractivity contribution < 1.29 is 14.3 Å². The van der Waals surface area contributed by atoms with Gasteiger partial charge in [-0.15, -0.1) is 0 Å². The fourth-order valence-electron chi connectivity index (χ4n) is 2.55. The highest BCUT2D eigenvalue weighted by Crippen LogP contribution is 2.23. The fraction of sp³-hybridized carbons (Fsp3) is 0.529. The Kier molecular flexibility index (Phi) is 4.74. The largest absolute Gasteiger partial charge is 0.444 e. The van der Waals surface area contributed by atoms with Crippen molar-refractivity contribution in [3.05, 3.63) is 35.9 Å². The van der Waals surface area contributed by atoms with Crippen LogP contribution in [0, 0.1) is 6.07 Å². The van der Waals surface area contributed by atoms with Gasteiger partial charge >= 0.3 is 6.09 Å². The number of carbonyl (C=O) groups excluding carboxylic acids is 2. The van der Waals surface area contributed by atoms with Crippen molar-refractivity contribution >= 4 is 12.0 Å². The van der Waals surface area contributed by atoms with E-state index in [0.717, 1.165) is 12.8 Å². The fourth-order valence-corrected chi connectivity index (χ4v) is 2.55. The van der Waals surface area contributed by atoms with Crippen LogP contribution in [-0.4, -0.2) is 47.2 Å². The smallest absolute Gasteiger partial charge is 0.411 e. The molecule has 1 aliphatic heterocycles. The molecule has 1 saturated heterocycles. The number of rotatable bonds is 2. The topological polar surface area (TPSA) is 49.9 Å². The van der Waals surface area contributed by atoms with Crippen LogP contribution in [0.1, 0.15) is 44.0 Å². The van der Waals surface area contributed by atoms with E-state index in [1.165, 1.54) is 0 Å². The van der Waals surface area contributed by atoms with Gasteiger partial charge in [0.15, 0.2) is 0 Å². The van der Waals surface area contributed by atoms with Gasteiger partial charge in [0.25, 0.3) is 5.91 Å². The molecule has 119 valence electrons. The molecule has 22 heavy (non-hydrogen) atoms. The third-order valence-corrected chi connectivity index (χ3v) is 3.58. The second-order valence-electron chi connectivity index (χ2n) is 6.50. The number of likely N-dealkylation sites (tertiary alicyclic amines) is 1. The van der Waals surface area contributed by atoms with Crippen LogP contribution in [0.4, 0.5) is 4.79 Å². The van der Waals surface area contributed by atoms with Crippen molar-refractivity contribution in [2.24, 2.45) is 0 Å². The van der Waals surface area contributed by atoms with Gasteiger partial charge in [-0.25, -0.2) is 4.79 Å². The Morgan fingerprint density at radius 3 is 2.55 bits per heavy atom. The lowest BCUT2D eigenvalue weighted by Gasteiger charge is -2.33. The first-order valence-corrected chi connectivity index (χ1v) is 7.52. The van der Waals surface area contributed by atoms with Gasteiger partial charge in [0.2, 0.25) is 0 Å². The van der Waals surface area contributed by atoms with Gasteiger partial charge in [0.05, 0.1) is 0 Å². The molecule has 5 nitrogen and oxygen atoms in total. The van der Waals surface area contributed by atoms with E-state index in [0.29, 0.717) is 12.1 Å². The normalized spacial score (nSPS) is 18.2. The third kappa shape index (κ3) is 3.78. The van der Waals surface area contributed by atoms with E-state index in [9.17, 15) is 9.59 Å². The van der Waals surface area contributed by atoms with Crippen molar-refractivity contribution in [1.82, 2.24) is 9.80 Å². The molecular formula is C17H23N2O3. The zero-order valence-electron chi connectivity index (χ0n) is 13.6. The number of amides is 2. The molecule has 0 aliphatic carbocycles. The Balaban J connectivity index is 2.10. The maximum Gasteiger partial charge on any atom is 0.411 e. The highest BCUT2D eigenvalue weighted by atomic mass is 16.6. The van der Waals surface area contributed by atoms with Crippen LogP contribution in [-0.2, 0) is 4.74 Å². The summed E-state index contributed by atoms with van der Waals surface area (Å²) in [4.78, 5) is 28.1. The minimum absolute atomic E-state index is 0.102. The first-order chi connectivity index (χ1) is 10.3. The Morgan fingerprint density at radius 2 is 1.95 bits per heavy atom. The molecule has 1 atom stereocenters. The van der Waals surface area contributed by atoms with Gasteiger partial charge in [-0.1, -0.05) is 12.1 Å². The second kappa shape index (κ2) is 6.38. The third-order valence-electron chi connectivity index (χ3n) is 3.58. The molecule has 1 radical (unpaired) electrons. The molecule has 0 saturated carbocycles. The second-order valence-corrected chi connectivity index (χ2v) is 6.50. The molecule has 0 aromatic heterocycles. The van der Waals surface area contributed by atoms with Crippen LogP contribution in [0.2, 0.25) is 0 Å². The zero-order chi connectivity index (χ0) is 16.3. The summed E-state index contributed by atoms with van der Waals surface area (Å²) in [7, 11) is 1.73. The van der Waals surface area contributed by atoms with Crippen LogP contribution in [0.5, 0.6) is 0 Å². The molecule has 2 rings (SSSR count). The monoisotopic (exact) mass is 303 g/mol. The van der Waals surface area contributed by atoms with E-state index < -0.39 is 5.60 Å². The van der Waals surface area contributed by atoms with Gasteiger partial charge in [-0.3, -0.25) is 9.69 Å². The quantitative estimate of drug-likeness (QED) is 0.844. The first-order valence-electron chi connectivity index (χ1n) is 7.52. The van der Waals surface area contributed by atoms with Crippen LogP contribution < -0.4 is 0 Å². The molecule has 5 heteroatoms. The Morgan fingerprint density at radius 1 is 1.32 bits per heavy atom. The van der Waals surface area contributed by atoms with Crippen molar-refractivity contribution in [1.29, 1.82) is 0 Å². The predicted octanol–water partition coefficient (Wildman–Crippen LogP) is 2.92. The summed E-state index contributed by atoms with van der Waals surface area (Å²) >= 11 is 0. The molecule has 1 aromatic rings. The number of hydrogen-bond donors (Lipinski definition) is 0. The molecule has 2 amide bonds. The van der Waals surface area contributed by atoms with E-state index in [2.05, 4.69) is 6.07 Å². The summed E-state index contributed by atoms with van der Waals surface area (Å²) in [6.45, 7) is 6.13. The average molecular weight is 303 g/mol. The summed E-state index contributed by atoms with van der Waals surface area (Å²) < 4.78 is 5.43. The minimum atomic E-state index is -0.540. The van der Waals surface area contributed by atoms with Crippen LogP contribution in [0.15, 0.2) is 24.3 Å². The Bertz CT molecular complexity index is 537. The Labute approximate surface area is 131 Å². The number of ether oxygens (including phenoxy) is 1. The molecule has 0 bridgehead atoms. The summed E-state index contributed by atoms with van der Waals surface area (Å²) in [6.07, 6.45) is 1.01. The first kappa shape index (κ1) is 16.3. The van der Waals surface area contributed by atoms with Crippen LogP contribution in [0.3, 0.4) is 0 Å². The Hall–Kier alpha value is -2.04. The average Bonchev–Trinajstić information content (AvgIpc) is 2.94. The molecular weight excluding hydrogens is 280 g/mol. The van der Waals surface area contributed by atoms with Crippen molar-refractivity contribution in [2.45, 2.75) is 45.4 Å². The van der Waals surface area contributed by atoms with Crippen molar-refractivity contribution in [3.8, 4) is 0 Å². The van der Waals surface area contributed by atoms with Crippen molar-refractivity contribution in [2.75, 3.05) is 13.6 Å². The summed E-state index contributed by atoms with van der Waals surface area (Å²) in [6, 6.07) is 9.77. The standard InChI is InChI=1S/C17H23N2O3/c1-17(2,3)22-16(21)19-12-8-11-14(19)18(4)15(20)13-9-6-5-7-10-13/h6-7,9-10,14H,8,11-12H2,1-4H3. The predicted molar refractivity (Wildman–Crippen MR) is 83.3 cm³/mol. The van der Waals surface area contributed by atoms with E-state index in [1.54, 1.807) is 41.1 Å². The van der Waals surface area contributed by atoms with Crippen molar-refractivity contribution in [3.63, 3.8) is 0 Å². The highest BCUT2D eigenvalue weighted by Gasteiger charge is 2.36. The molecule has 0 N–H and O–H groups in total. The summed E-state index contributed by atoms with van der Waals surface area (Å²) in [5, 5.41) is 0.